The van der Waals surface area contributed by atoms with Crippen LogP contribution in [-0.2, 0) is 12.8 Å². The summed E-state index contributed by atoms with van der Waals surface area (Å²) in [6, 6.07) is 6.27. The van der Waals surface area contributed by atoms with Crippen LogP contribution in [0.15, 0.2) is 23.3 Å². The van der Waals surface area contributed by atoms with Crippen LogP contribution >= 0.6 is 0 Å². The summed E-state index contributed by atoms with van der Waals surface area (Å²) < 4.78 is 5.51. The summed E-state index contributed by atoms with van der Waals surface area (Å²) in [6.07, 6.45) is 4.91. The molecule has 0 radical (unpaired) electrons. The smallest absolute Gasteiger partial charge is 0.119 e. The van der Waals surface area contributed by atoms with Crippen LogP contribution in [0.25, 0.3) is 10.4 Å². The quantitative estimate of drug-likeness (QED) is 0.330. The van der Waals surface area contributed by atoms with Gasteiger partial charge in [-0.3, -0.25) is 0 Å². The third-order valence-corrected chi connectivity index (χ3v) is 2.84. The first-order valence-corrected chi connectivity index (χ1v) is 5.65. The number of hydrogen-bond acceptors (Lipinski definition) is 2. The molecule has 0 amide bonds. The predicted octanol–water partition coefficient (Wildman–Crippen LogP) is 3.25. The summed E-state index contributed by atoms with van der Waals surface area (Å²) in [5.41, 5.74) is 11.0. The van der Waals surface area contributed by atoms with Crippen molar-refractivity contribution in [1.82, 2.24) is 0 Å². The van der Waals surface area contributed by atoms with Crippen LogP contribution in [0.4, 0.5) is 0 Å². The van der Waals surface area contributed by atoms with Crippen molar-refractivity contribution in [2.75, 3.05) is 13.2 Å². The molecule has 0 saturated heterocycles. The minimum atomic E-state index is 0.383. The molecule has 0 atom stereocenters. The Morgan fingerprint density at radius 3 is 2.88 bits per heavy atom. The summed E-state index contributed by atoms with van der Waals surface area (Å²) >= 11 is 0. The van der Waals surface area contributed by atoms with Gasteiger partial charge in [0.1, 0.15) is 5.75 Å². The molecule has 1 aromatic rings. The Morgan fingerprint density at radius 1 is 1.25 bits per heavy atom. The third kappa shape index (κ3) is 2.67. The Morgan fingerprint density at radius 2 is 2.06 bits per heavy atom. The molecule has 84 valence electrons. The Balaban J connectivity index is 1.97. The highest BCUT2D eigenvalue weighted by Gasteiger charge is 2.09. The molecule has 2 rings (SSSR count). The van der Waals surface area contributed by atoms with Crippen molar-refractivity contribution < 1.29 is 4.74 Å². The summed E-state index contributed by atoms with van der Waals surface area (Å²) in [5, 5.41) is 3.43. The average molecular weight is 217 g/mol. The molecule has 4 nitrogen and oxygen atoms in total. The molecular weight excluding hydrogens is 202 g/mol. The number of fused-ring (bicyclic) bond motifs is 1. The Labute approximate surface area is 94.9 Å². The number of hydrogen-bond donors (Lipinski definition) is 0. The van der Waals surface area contributed by atoms with Gasteiger partial charge in [-0.2, -0.15) is 0 Å². The lowest BCUT2D eigenvalue weighted by molar-refractivity contribution is 0.327. The number of rotatable bonds is 4. The van der Waals surface area contributed by atoms with Gasteiger partial charge >= 0.3 is 0 Å². The van der Waals surface area contributed by atoms with E-state index >= 15 is 0 Å². The van der Waals surface area contributed by atoms with Crippen molar-refractivity contribution in [2.24, 2.45) is 5.11 Å². The highest BCUT2D eigenvalue weighted by atomic mass is 16.5. The zero-order valence-electron chi connectivity index (χ0n) is 9.22. The van der Waals surface area contributed by atoms with E-state index in [-0.39, 0.29) is 0 Å². The molecule has 0 spiro atoms. The van der Waals surface area contributed by atoms with E-state index in [1.54, 1.807) is 0 Å². The molecule has 1 aliphatic carbocycles. The van der Waals surface area contributed by atoms with Gasteiger partial charge in [-0.25, -0.2) is 0 Å². The number of aryl methyl sites for hydroxylation is 2. The second-order valence-corrected chi connectivity index (χ2v) is 3.94. The van der Waals surface area contributed by atoms with Crippen LogP contribution in [-0.4, -0.2) is 13.2 Å². The Kier molecular flexibility index (Phi) is 3.67. The minimum absolute atomic E-state index is 0.383. The van der Waals surface area contributed by atoms with Gasteiger partial charge in [-0.1, -0.05) is 11.2 Å². The molecule has 0 N–H and O–H groups in total. The van der Waals surface area contributed by atoms with Crippen LogP contribution in [0, 0.1) is 0 Å². The minimum Gasteiger partial charge on any atom is -0.493 e. The van der Waals surface area contributed by atoms with Crippen molar-refractivity contribution >= 4 is 0 Å². The highest BCUT2D eigenvalue weighted by molar-refractivity contribution is 5.37. The molecular formula is C12H15N3O. The lowest BCUT2D eigenvalue weighted by atomic mass is 9.92. The molecule has 0 unspecified atom stereocenters. The molecule has 0 aliphatic heterocycles. The topological polar surface area (TPSA) is 58.0 Å². The van der Waals surface area contributed by atoms with Gasteiger partial charge in [-0.05, 0) is 54.5 Å². The number of ether oxygens (including phenoxy) is 1. The molecule has 0 saturated carbocycles. The molecule has 0 fully saturated rings. The molecule has 0 heterocycles. The molecule has 0 aromatic heterocycles. The van der Waals surface area contributed by atoms with Gasteiger partial charge in [0, 0.05) is 4.91 Å². The Hall–Kier alpha value is -1.67. The van der Waals surface area contributed by atoms with Gasteiger partial charge in [0.15, 0.2) is 0 Å². The van der Waals surface area contributed by atoms with E-state index in [2.05, 4.69) is 22.2 Å². The lowest BCUT2D eigenvalue weighted by Gasteiger charge is -2.16. The van der Waals surface area contributed by atoms with Gasteiger partial charge in [0.2, 0.25) is 0 Å². The van der Waals surface area contributed by atoms with Crippen LogP contribution < -0.4 is 4.74 Å². The normalized spacial score (nSPS) is 13.8. The zero-order chi connectivity index (χ0) is 11.2. The monoisotopic (exact) mass is 217 g/mol. The fourth-order valence-corrected chi connectivity index (χ4v) is 2.05. The van der Waals surface area contributed by atoms with Gasteiger partial charge in [0.05, 0.1) is 13.2 Å². The van der Waals surface area contributed by atoms with E-state index in [4.69, 9.17) is 10.3 Å². The van der Waals surface area contributed by atoms with Gasteiger partial charge in [0.25, 0.3) is 0 Å². The van der Waals surface area contributed by atoms with Crippen LogP contribution in [0.5, 0.6) is 5.75 Å². The van der Waals surface area contributed by atoms with Crippen LogP contribution in [0.2, 0.25) is 0 Å². The molecule has 1 aromatic carbocycles. The zero-order valence-corrected chi connectivity index (χ0v) is 9.22. The summed E-state index contributed by atoms with van der Waals surface area (Å²) in [4.78, 5) is 2.68. The van der Waals surface area contributed by atoms with E-state index in [9.17, 15) is 0 Å². The van der Waals surface area contributed by atoms with E-state index in [0.717, 1.165) is 12.2 Å². The van der Waals surface area contributed by atoms with E-state index < -0.39 is 0 Å². The summed E-state index contributed by atoms with van der Waals surface area (Å²) in [7, 11) is 0. The highest BCUT2D eigenvalue weighted by Crippen LogP contribution is 2.25. The van der Waals surface area contributed by atoms with Crippen molar-refractivity contribution in [3.05, 3.63) is 39.8 Å². The number of nitrogens with zero attached hydrogens (tertiary/aromatic N) is 3. The average Bonchev–Trinajstić information content (AvgIpc) is 2.34. The number of benzene rings is 1. The van der Waals surface area contributed by atoms with E-state index in [1.807, 2.05) is 6.07 Å². The number of azide groups is 1. The molecule has 16 heavy (non-hydrogen) atoms. The first-order chi connectivity index (χ1) is 7.90. The second kappa shape index (κ2) is 5.42. The van der Waals surface area contributed by atoms with Gasteiger partial charge in [-0.15, -0.1) is 0 Å². The van der Waals surface area contributed by atoms with Crippen molar-refractivity contribution in [3.63, 3.8) is 0 Å². The maximum atomic E-state index is 8.12. The van der Waals surface area contributed by atoms with Crippen molar-refractivity contribution in [3.8, 4) is 5.75 Å². The van der Waals surface area contributed by atoms with Gasteiger partial charge < -0.3 is 4.74 Å². The largest absolute Gasteiger partial charge is 0.493 e. The van der Waals surface area contributed by atoms with E-state index in [1.165, 1.54) is 30.4 Å². The first kappa shape index (κ1) is 10.8. The fraction of sp³-hybridized carbons (Fsp3) is 0.500. The SMILES string of the molecule is [N-]=[N+]=NCCOc1ccc2c(c1)CCCC2. The van der Waals surface area contributed by atoms with E-state index in [0.29, 0.717) is 13.2 Å². The fourth-order valence-electron chi connectivity index (χ4n) is 2.05. The summed E-state index contributed by atoms with van der Waals surface area (Å²) in [5.74, 6) is 0.883. The first-order valence-electron chi connectivity index (χ1n) is 5.65. The summed E-state index contributed by atoms with van der Waals surface area (Å²) in [6.45, 7) is 0.830. The Bertz CT molecular complexity index is 411. The van der Waals surface area contributed by atoms with Crippen LogP contribution in [0.1, 0.15) is 24.0 Å². The van der Waals surface area contributed by atoms with Crippen LogP contribution in [0.3, 0.4) is 0 Å². The molecule has 4 heteroatoms. The predicted molar refractivity (Wildman–Crippen MR) is 62.6 cm³/mol. The maximum Gasteiger partial charge on any atom is 0.119 e. The lowest BCUT2D eigenvalue weighted by Crippen LogP contribution is -2.05. The standard InChI is InChI=1S/C12H15N3O/c13-15-14-7-8-16-12-6-5-10-3-1-2-4-11(10)9-12/h5-6,9H,1-4,7-8H2. The van der Waals surface area contributed by atoms with Crippen molar-refractivity contribution in [1.29, 1.82) is 0 Å². The molecule has 1 aliphatic rings. The second-order valence-electron chi connectivity index (χ2n) is 3.94. The maximum absolute atomic E-state index is 8.12. The van der Waals surface area contributed by atoms with Crippen molar-refractivity contribution in [2.45, 2.75) is 25.7 Å². The molecule has 0 bridgehead atoms. The third-order valence-electron chi connectivity index (χ3n) is 2.84.